The fraction of sp³-hybridized carbons (Fsp3) is 0.900. The number of nitrogens with one attached hydrogen (secondary N) is 3. The zero-order valence-electron chi connectivity index (χ0n) is 18.0. The number of carbonyl (C=O) groups is 1. The number of hydrogen-bond donors (Lipinski definition) is 3. The lowest BCUT2D eigenvalue weighted by atomic mass is 9.87. The Hall–Kier alpha value is -0.570. The molecule has 27 heavy (non-hydrogen) atoms. The molecule has 0 atom stereocenters. The van der Waals surface area contributed by atoms with E-state index in [4.69, 9.17) is 0 Å². The van der Waals surface area contributed by atoms with Crippen LogP contribution in [0.3, 0.4) is 0 Å². The van der Waals surface area contributed by atoms with Gasteiger partial charge >= 0.3 is 0 Å². The number of carbonyl (C=O) groups excluding carboxylic acids is 1. The van der Waals surface area contributed by atoms with E-state index in [1.165, 1.54) is 32.1 Å². The van der Waals surface area contributed by atoms with E-state index in [0.717, 1.165) is 19.0 Å². The number of amides is 1. The van der Waals surface area contributed by atoms with Gasteiger partial charge in [0.25, 0.3) is 0 Å². The van der Waals surface area contributed by atoms with E-state index < -0.39 is 0 Å². The predicted molar refractivity (Wildman–Crippen MR) is 126 cm³/mol. The zero-order valence-corrected chi connectivity index (χ0v) is 20.3. The van der Waals surface area contributed by atoms with Gasteiger partial charge in [-0.1, -0.05) is 19.3 Å². The fourth-order valence-corrected chi connectivity index (χ4v) is 3.75. The Labute approximate surface area is 183 Å². The van der Waals surface area contributed by atoms with Gasteiger partial charge < -0.3 is 16.0 Å². The average molecular weight is 495 g/mol. The van der Waals surface area contributed by atoms with Gasteiger partial charge in [-0.2, -0.15) is 0 Å². The second-order valence-electron chi connectivity index (χ2n) is 7.91. The highest BCUT2D eigenvalue weighted by Crippen LogP contribution is 2.25. The maximum atomic E-state index is 12.0. The van der Waals surface area contributed by atoms with Crippen molar-refractivity contribution in [3.05, 3.63) is 0 Å². The molecule has 1 amide bonds. The number of hydrogen-bond acceptors (Lipinski definition) is 3. The molecule has 0 aromatic rings. The van der Waals surface area contributed by atoms with Crippen LogP contribution in [0, 0.1) is 5.92 Å². The monoisotopic (exact) mass is 495 g/mol. The normalized spacial score (nSPS) is 15.8. The number of aliphatic imine (C=N–C) groups is 1. The molecule has 0 unspecified atom stereocenters. The van der Waals surface area contributed by atoms with Gasteiger partial charge in [-0.3, -0.25) is 14.7 Å². The lowest BCUT2D eigenvalue weighted by molar-refractivity contribution is -0.122. The minimum Gasteiger partial charge on any atom is -0.355 e. The van der Waals surface area contributed by atoms with Crippen LogP contribution in [-0.2, 0) is 4.79 Å². The summed E-state index contributed by atoms with van der Waals surface area (Å²) in [5.41, 5.74) is 0. The summed E-state index contributed by atoms with van der Waals surface area (Å²) < 4.78 is 0. The summed E-state index contributed by atoms with van der Waals surface area (Å²) in [7, 11) is 1.78. The molecule has 0 saturated heterocycles. The first-order valence-electron chi connectivity index (χ1n) is 10.4. The van der Waals surface area contributed by atoms with Crippen LogP contribution in [0.4, 0.5) is 0 Å². The summed E-state index contributed by atoms with van der Waals surface area (Å²) in [5.74, 6) is 1.57. The molecule has 0 heterocycles. The minimum absolute atomic E-state index is 0. The van der Waals surface area contributed by atoms with Crippen molar-refractivity contribution in [2.45, 2.75) is 78.3 Å². The molecule has 160 valence electrons. The number of guanidine groups is 1. The van der Waals surface area contributed by atoms with Crippen molar-refractivity contribution >= 4 is 35.8 Å². The maximum Gasteiger partial charge on any atom is 0.220 e. The molecule has 0 aliphatic heterocycles. The van der Waals surface area contributed by atoms with Crippen molar-refractivity contribution in [3.8, 4) is 0 Å². The molecule has 1 saturated carbocycles. The predicted octanol–water partition coefficient (Wildman–Crippen LogP) is 2.97. The topological polar surface area (TPSA) is 68.8 Å². The highest BCUT2D eigenvalue weighted by molar-refractivity contribution is 14.0. The standard InChI is InChI=1S/C20H41N5O.HI/c1-16(2)25(17(3)4)14-13-24-20(21-5)23-12-11-22-19(26)15-18-9-7-6-8-10-18;/h16-18H,6-15H2,1-5H3,(H,22,26)(H2,21,23,24);1H. The summed E-state index contributed by atoms with van der Waals surface area (Å²) in [6.07, 6.45) is 7.02. The third kappa shape index (κ3) is 11.8. The second kappa shape index (κ2) is 15.4. The third-order valence-electron chi connectivity index (χ3n) is 5.15. The van der Waals surface area contributed by atoms with Crippen molar-refractivity contribution < 1.29 is 4.79 Å². The van der Waals surface area contributed by atoms with Crippen LogP contribution < -0.4 is 16.0 Å². The van der Waals surface area contributed by atoms with Gasteiger partial charge in [-0.15, -0.1) is 24.0 Å². The van der Waals surface area contributed by atoms with Crippen molar-refractivity contribution in [1.82, 2.24) is 20.9 Å². The van der Waals surface area contributed by atoms with Gasteiger partial charge in [0.05, 0.1) is 0 Å². The lowest BCUT2D eigenvalue weighted by Crippen LogP contribution is -2.46. The van der Waals surface area contributed by atoms with Crippen molar-refractivity contribution in [3.63, 3.8) is 0 Å². The number of rotatable bonds is 10. The molecule has 0 bridgehead atoms. The van der Waals surface area contributed by atoms with E-state index in [2.05, 4.69) is 53.5 Å². The van der Waals surface area contributed by atoms with Gasteiger partial charge in [0.15, 0.2) is 5.96 Å². The van der Waals surface area contributed by atoms with E-state index in [-0.39, 0.29) is 29.9 Å². The number of nitrogens with zero attached hydrogens (tertiary/aromatic N) is 2. The summed E-state index contributed by atoms with van der Waals surface area (Å²) in [6, 6.07) is 1.07. The molecular weight excluding hydrogens is 453 g/mol. The molecule has 3 N–H and O–H groups in total. The minimum atomic E-state index is 0. The van der Waals surface area contributed by atoms with Crippen LogP contribution in [0.1, 0.15) is 66.2 Å². The molecule has 0 aromatic carbocycles. The molecule has 1 aliphatic carbocycles. The first-order chi connectivity index (χ1) is 12.4. The van der Waals surface area contributed by atoms with Crippen LogP contribution in [0.25, 0.3) is 0 Å². The van der Waals surface area contributed by atoms with Crippen molar-refractivity contribution in [1.29, 1.82) is 0 Å². The molecule has 1 rings (SSSR count). The smallest absolute Gasteiger partial charge is 0.220 e. The Morgan fingerprint density at radius 1 is 0.963 bits per heavy atom. The average Bonchev–Trinajstić information content (AvgIpc) is 2.60. The van der Waals surface area contributed by atoms with Crippen molar-refractivity contribution in [2.75, 3.05) is 33.2 Å². The molecule has 0 radical (unpaired) electrons. The summed E-state index contributed by atoms with van der Waals surface area (Å²) in [6.45, 7) is 12.1. The Morgan fingerprint density at radius 3 is 2.07 bits per heavy atom. The second-order valence-corrected chi connectivity index (χ2v) is 7.91. The van der Waals surface area contributed by atoms with E-state index in [0.29, 0.717) is 37.5 Å². The highest BCUT2D eigenvalue weighted by atomic mass is 127. The molecule has 1 aliphatic rings. The molecule has 7 heteroatoms. The summed E-state index contributed by atoms with van der Waals surface area (Å²) in [4.78, 5) is 18.7. The van der Waals surface area contributed by atoms with E-state index in [1.54, 1.807) is 7.05 Å². The molecule has 1 fully saturated rings. The van der Waals surface area contributed by atoms with E-state index >= 15 is 0 Å². The molecule has 0 spiro atoms. The van der Waals surface area contributed by atoms with E-state index in [9.17, 15) is 4.79 Å². The Morgan fingerprint density at radius 2 is 1.52 bits per heavy atom. The molecule has 0 aromatic heterocycles. The van der Waals surface area contributed by atoms with Crippen LogP contribution in [-0.4, -0.2) is 62.1 Å². The van der Waals surface area contributed by atoms with Crippen LogP contribution >= 0.6 is 24.0 Å². The lowest BCUT2D eigenvalue weighted by Gasteiger charge is -2.30. The third-order valence-corrected chi connectivity index (χ3v) is 5.15. The zero-order chi connectivity index (χ0) is 19.4. The van der Waals surface area contributed by atoms with Gasteiger partial charge in [0, 0.05) is 51.7 Å². The Kier molecular flexibility index (Phi) is 15.0. The highest BCUT2D eigenvalue weighted by Gasteiger charge is 2.16. The maximum absolute atomic E-state index is 12.0. The van der Waals surface area contributed by atoms with E-state index in [1.807, 2.05) is 0 Å². The Balaban J connectivity index is 0.00000676. The van der Waals surface area contributed by atoms with Crippen LogP contribution in [0.2, 0.25) is 0 Å². The summed E-state index contributed by atoms with van der Waals surface area (Å²) in [5, 5.41) is 9.64. The largest absolute Gasteiger partial charge is 0.355 e. The van der Waals surface area contributed by atoms with Gasteiger partial charge in [0.1, 0.15) is 0 Å². The molecule has 6 nitrogen and oxygen atoms in total. The van der Waals surface area contributed by atoms with Crippen LogP contribution in [0.5, 0.6) is 0 Å². The van der Waals surface area contributed by atoms with Gasteiger partial charge in [-0.25, -0.2) is 0 Å². The Bertz CT molecular complexity index is 415. The first kappa shape index (κ1) is 26.4. The fourth-order valence-electron chi connectivity index (χ4n) is 3.75. The molecular formula is C20H42IN5O. The summed E-state index contributed by atoms with van der Waals surface area (Å²) >= 11 is 0. The van der Waals surface area contributed by atoms with Gasteiger partial charge in [-0.05, 0) is 46.5 Å². The van der Waals surface area contributed by atoms with Crippen LogP contribution in [0.15, 0.2) is 4.99 Å². The quantitative estimate of drug-likeness (QED) is 0.189. The first-order valence-corrected chi connectivity index (χ1v) is 10.4. The number of halogens is 1. The SMILES string of the molecule is CN=C(NCCNC(=O)CC1CCCCC1)NCCN(C(C)C)C(C)C.I. The van der Waals surface area contributed by atoms with Crippen molar-refractivity contribution in [2.24, 2.45) is 10.9 Å². The van der Waals surface area contributed by atoms with Gasteiger partial charge in [0.2, 0.25) is 5.91 Å².